The maximum absolute atomic E-state index is 12.6. The van der Waals surface area contributed by atoms with Gasteiger partial charge in [0.05, 0.1) is 19.2 Å². The smallest absolute Gasteiger partial charge is 0.272 e. The lowest BCUT2D eigenvalue weighted by molar-refractivity contribution is 0.0930. The van der Waals surface area contributed by atoms with E-state index in [1.807, 2.05) is 19.1 Å². The van der Waals surface area contributed by atoms with Crippen molar-refractivity contribution in [3.63, 3.8) is 0 Å². The van der Waals surface area contributed by atoms with Crippen molar-refractivity contribution in [3.8, 4) is 11.4 Å². The number of ether oxygens (including phenoxy) is 1. The molecule has 1 aliphatic rings. The van der Waals surface area contributed by atoms with E-state index in [0.29, 0.717) is 37.0 Å². The second-order valence-corrected chi connectivity index (χ2v) is 6.80. The van der Waals surface area contributed by atoms with Gasteiger partial charge in [0.1, 0.15) is 5.69 Å². The lowest BCUT2D eigenvalue weighted by Gasteiger charge is -2.13. The van der Waals surface area contributed by atoms with Gasteiger partial charge in [-0.15, -0.1) is 0 Å². The first kappa shape index (κ1) is 18.4. The molecule has 1 aliphatic carbocycles. The zero-order valence-corrected chi connectivity index (χ0v) is 16.0. The summed E-state index contributed by atoms with van der Waals surface area (Å²) in [5, 5.41) is 11.4. The second kappa shape index (κ2) is 7.93. The first-order valence-corrected chi connectivity index (χ1v) is 9.47. The number of amides is 1. The molecule has 2 heterocycles. The Kier molecular flexibility index (Phi) is 5.21. The summed E-state index contributed by atoms with van der Waals surface area (Å²) in [6.07, 6.45) is 4.27. The third-order valence-electron chi connectivity index (χ3n) is 4.95. The lowest BCUT2D eigenvalue weighted by atomic mass is 10.0. The van der Waals surface area contributed by atoms with Crippen molar-refractivity contribution in [1.29, 1.82) is 0 Å². The second-order valence-electron chi connectivity index (χ2n) is 6.80. The monoisotopic (exact) mass is 381 g/mol. The fourth-order valence-corrected chi connectivity index (χ4v) is 3.45. The number of carbonyl (C=O) groups excluding carboxylic acids is 1. The number of nitrogens with one attached hydrogen (secondary N) is 1. The van der Waals surface area contributed by atoms with Gasteiger partial charge in [-0.3, -0.25) is 9.48 Å². The summed E-state index contributed by atoms with van der Waals surface area (Å²) in [4.78, 5) is 17.0. The van der Waals surface area contributed by atoms with Crippen LogP contribution < -0.4 is 5.32 Å². The molecule has 1 amide bonds. The molecule has 1 aromatic carbocycles. The molecule has 146 valence electrons. The molecular formula is C20H23N5O3. The molecule has 0 fully saturated rings. The normalized spacial score (nSPS) is 15.6. The van der Waals surface area contributed by atoms with E-state index in [9.17, 15) is 4.79 Å². The Morgan fingerprint density at radius 2 is 2.29 bits per heavy atom. The molecule has 0 unspecified atom stereocenters. The third-order valence-corrected chi connectivity index (χ3v) is 4.95. The van der Waals surface area contributed by atoms with Crippen molar-refractivity contribution in [1.82, 2.24) is 25.2 Å². The Bertz CT molecular complexity index is 978. The Labute approximate surface area is 162 Å². The van der Waals surface area contributed by atoms with E-state index >= 15 is 0 Å². The molecule has 1 atom stereocenters. The van der Waals surface area contributed by atoms with Gasteiger partial charge in [0.25, 0.3) is 5.91 Å². The van der Waals surface area contributed by atoms with Crippen LogP contribution in [0.1, 0.15) is 46.9 Å². The molecule has 3 aromatic rings. The summed E-state index contributed by atoms with van der Waals surface area (Å²) in [5.74, 6) is 1.07. The topological polar surface area (TPSA) is 95.1 Å². The molecule has 4 rings (SSSR count). The molecule has 0 saturated carbocycles. The van der Waals surface area contributed by atoms with Gasteiger partial charge in [0.2, 0.25) is 11.7 Å². The van der Waals surface area contributed by atoms with Gasteiger partial charge in [0, 0.05) is 25.3 Å². The number of hydrogen-bond donors (Lipinski definition) is 1. The fourth-order valence-electron chi connectivity index (χ4n) is 3.45. The van der Waals surface area contributed by atoms with Gasteiger partial charge in [-0.1, -0.05) is 24.2 Å². The quantitative estimate of drug-likeness (QED) is 0.676. The van der Waals surface area contributed by atoms with Crippen LogP contribution in [0.3, 0.4) is 0 Å². The van der Waals surface area contributed by atoms with Crippen molar-refractivity contribution in [2.24, 2.45) is 0 Å². The van der Waals surface area contributed by atoms with Crippen LogP contribution in [0.15, 0.2) is 35.0 Å². The number of nitrogens with zero attached hydrogens (tertiary/aromatic N) is 4. The molecule has 2 aromatic heterocycles. The molecular weight excluding hydrogens is 358 g/mol. The van der Waals surface area contributed by atoms with Gasteiger partial charge >= 0.3 is 0 Å². The van der Waals surface area contributed by atoms with Gasteiger partial charge in [-0.25, -0.2) is 0 Å². The van der Waals surface area contributed by atoms with Crippen LogP contribution in [0, 0.1) is 0 Å². The van der Waals surface area contributed by atoms with Crippen LogP contribution in [0.4, 0.5) is 0 Å². The van der Waals surface area contributed by atoms with Crippen molar-refractivity contribution >= 4 is 5.91 Å². The van der Waals surface area contributed by atoms with E-state index in [1.165, 1.54) is 5.56 Å². The van der Waals surface area contributed by atoms with Crippen LogP contribution >= 0.6 is 0 Å². The number of carbonyl (C=O) groups is 1. The van der Waals surface area contributed by atoms with E-state index in [0.717, 1.165) is 24.0 Å². The Balaban J connectivity index is 1.45. The molecule has 0 bridgehead atoms. The van der Waals surface area contributed by atoms with Gasteiger partial charge < -0.3 is 14.6 Å². The number of hydrogen-bond acceptors (Lipinski definition) is 6. The van der Waals surface area contributed by atoms with Gasteiger partial charge in [-0.05, 0) is 36.1 Å². The molecule has 0 spiro atoms. The van der Waals surface area contributed by atoms with Crippen LogP contribution in [-0.2, 0) is 24.1 Å². The van der Waals surface area contributed by atoms with E-state index in [2.05, 4.69) is 26.6 Å². The highest BCUT2D eigenvalue weighted by Crippen LogP contribution is 2.33. The number of rotatable bonds is 7. The lowest BCUT2D eigenvalue weighted by Crippen LogP contribution is -2.27. The van der Waals surface area contributed by atoms with Crippen LogP contribution in [0.25, 0.3) is 11.4 Å². The van der Waals surface area contributed by atoms with Gasteiger partial charge in [-0.2, -0.15) is 10.1 Å². The molecule has 0 saturated heterocycles. The number of aromatic nitrogens is 4. The highest BCUT2D eigenvalue weighted by Gasteiger charge is 2.26. The van der Waals surface area contributed by atoms with E-state index in [4.69, 9.17) is 9.26 Å². The molecule has 1 N–H and O–H groups in total. The Hall–Kier alpha value is -3.00. The first-order chi connectivity index (χ1) is 13.7. The van der Waals surface area contributed by atoms with E-state index in [-0.39, 0.29) is 11.9 Å². The highest BCUT2D eigenvalue weighted by molar-refractivity contribution is 5.92. The summed E-state index contributed by atoms with van der Waals surface area (Å²) >= 11 is 0. The predicted octanol–water partition coefficient (Wildman–Crippen LogP) is 2.56. The van der Waals surface area contributed by atoms with Crippen LogP contribution in [0.5, 0.6) is 0 Å². The summed E-state index contributed by atoms with van der Waals surface area (Å²) in [5.41, 5.74) is 3.69. The minimum absolute atomic E-state index is 0.0165. The van der Waals surface area contributed by atoms with Crippen molar-refractivity contribution in [2.75, 3.05) is 13.7 Å². The van der Waals surface area contributed by atoms with E-state index in [1.54, 1.807) is 24.1 Å². The summed E-state index contributed by atoms with van der Waals surface area (Å²) in [6, 6.07) is 7.82. The minimum Gasteiger partial charge on any atom is -0.383 e. The average Bonchev–Trinajstić information content (AvgIpc) is 3.45. The summed E-state index contributed by atoms with van der Waals surface area (Å²) in [6.45, 7) is 3.16. The number of aryl methyl sites for hydroxylation is 2. The van der Waals surface area contributed by atoms with Crippen LogP contribution in [-0.4, -0.2) is 39.5 Å². The van der Waals surface area contributed by atoms with Crippen molar-refractivity contribution < 1.29 is 14.1 Å². The van der Waals surface area contributed by atoms with Crippen molar-refractivity contribution in [2.45, 2.75) is 38.8 Å². The molecule has 8 nitrogen and oxygen atoms in total. The zero-order chi connectivity index (χ0) is 19.5. The number of benzene rings is 1. The third kappa shape index (κ3) is 3.68. The summed E-state index contributed by atoms with van der Waals surface area (Å²) < 4.78 is 11.9. The fraction of sp³-hybridized carbons (Fsp3) is 0.400. The SMILES string of the molecule is CCc1nc(-c2ccc3c(c2)CC[C@H]3NC(=O)c2ccn(CCOC)n2)no1. The summed E-state index contributed by atoms with van der Waals surface area (Å²) in [7, 11) is 1.64. The molecule has 0 aliphatic heterocycles. The number of fused-ring (bicyclic) bond motifs is 1. The van der Waals surface area contributed by atoms with E-state index < -0.39 is 0 Å². The largest absolute Gasteiger partial charge is 0.383 e. The minimum atomic E-state index is -0.163. The molecule has 28 heavy (non-hydrogen) atoms. The predicted molar refractivity (Wildman–Crippen MR) is 102 cm³/mol. The highest BCUT2D eigenvalue weighted by atomic mass is 16.5. The molecule has 8 heteroatoms. The Morgan fingerprint density at radius 3 is 3.07 bits per heavy atom. The zero-order valence-electron chi connectivity index (χ0n) is 16.0. The number of methoxy groups -OCH3 is 1. The van der Waals surface area contributed by atoms with Crippen LogP contribution in [0.2, 0.25) is 0 Å². The Morgan fingerprint density at radius 1 is 1.39 bits per heavy atom. The first-order valence-electron chi connectivity index (χ1n) is 9.47. The standard InChI is InChI=1S/C20H23N5O3/c1-3-18-22-19(24-28-18)14-4-6-15-13(12-14)5-7-16(15)21-20(26)17-8-9-25(23-17)10-11-27-2/h4,6,8-9,12,16H,3,5,7,10-11H2,1-2H3,(H,21,26)/t16-/m1/s1. The van der Waals surface area contributed by atoms with Gasteiger partial charge in [0.15, 0.2) is 0 Å². The average molecular weight is 381 g/mol. The maximum Gasteiger partial charge on any atom is 0.272 e. The maximum atomic E-state index is 12.6. The van der Waals surface area contributed by atoms with Crippen molar-refractivity contribution in [3.05, 3.63) is 53.2 Å². The molecule has 0 radical (unpaired) electrons.